The number of benzene rings is 1. The molecule has 1 N–H and O–H groups in total. The Balaban J connectivity index is 2.43. The zero-order valence-corrected chi connectivity index (χ0v) is 10.4. The van der Waals surface area contributed by atoms with Crippen LogP contribution in [0.4, 0.5) is 0 Å². The molecule has 17 heavy (non-hydrogen) atoms. The molecule has 0 aromatic heterocycles. The van der Waals surface area contributed by atoms with Crippen LogP contribution in [-0.4, -0.2) is 32.5 Å². The van der Waals surface area contributed by atoms with Crippen LogP contribution in [0.15, 0.2) is 18.2 Å². The Morgan fingerprint density at radius 3 is 2.47 bits per heavy atom. The molecule has 0 spiro atoms. The van der Waals surface area contributed by atoms with Crippen molar-refractivity contribution in [3.63, 3.8) is 0 Å². The van der Waals surface area contributed by atoms with E-state index in [2.05, 4.69) is 0 Å². The van der Waals surface area contributed by atoms with E-state index in [1.165, 1.54) is 0 Å². The van der Waals surface area contributed by atoms with Crippen molar-refractivity contribution in [1.82, 2.24) is 0 Å². The van der Waals surface area contributed by atoms with Gasteiger partial charge in [-0.3, -0.25) is 0 Å². The summed E-state index contributed by atoms with van der Waals surface area (Å²) in [5.74, 6) is 1.43. The number of methoxy groups -OCH3 is 2. The van der Waals surface area contributed by atoms with Crippen LogP contribution in [-0.2, 0) is 11.3 Å². The number of hydrogen-bond donors (Lipinski definition) is 1. The van der Waals surface area contributed by atoms with Gasteiger partial charge in [0.05, 0.1) is 20.8 Å². The van der Waals surface area contributed by atoms with Crippen molar-refractivity contribution in [3.05, 3.63) is 23.8 Å². The minimum atomic E-state index is 0.222. The fraction of sp³-hybridized carbons (Fsp3) is 0.538. The van der Waals surface area contributed by atoms with Gasteiger partial charge in [0, 0.05) is 13.2 Å². The number of ether oxygens (including phenoxy) is 3. The Hall–Kier alpha value is -1.26. The molecule has 0 aliphatic rings. The van der Waals surface area contributed by atoms with Crippen molar-refractivity contribution >= 4 is 0 Å². The summed E-state index contributed by atoms with van der Waals surface area (Å²) in [4.78, 5) is 0. The van der Waals surface area contributed by atoms with Crippen molar-refractivity contribution in [2.75, 3.05) is 27.4 Å². The van der Waals surface area contributed by atoms with Gasteiger partial charge in [0.2, 0.25) is 0 Å². The molecule has 0 atom stereocenters. The highest BCUT2D eigenvalue weighted by molar-refractivity contribution is 5.42. The maximum atomic E-state index is 8.62. The standard InChI is InChI=1S/C13H20O4/c1-15-12-6-5-11(9-13(12)16-2)10-17-8-4-3-7-14/h5-6,9,14H,3-4,7-8,10H2,1-2H3. The second-order valence-electron chi connectivity index (χ2n) is 3.67. The summed E-state index contributed by atoms with van der Waals surface area (Å²) < 4.78 is 15.9. The van der Waals surface area contributed by atoms with Crippen molar-refractivity contribution in [3.8, 4) is 11.5 Å². The molecule has 0 aliphatic carbocycles. The molecule has 0 unspecified atom stereocenters. The van der Waals surface area contributed by atoms with Gasteiger partial charge in [-0.2, -0.15) is 0 Å². The predicted octanol–water partition coefficient (Wildman–Crippen LogP) is 1.99. The third kappa shape index (κ3) is 4.63. The van der Waals surface area contributed by atoms with Gasteiger partial charge < -0.3 is 19.3 Å². The van der Waals surface area contributed by atoms with Crippen LogP contribution in [0.5, 0.6) is 11.5 Å². The lowest BCUT2D eigenvalue weighted by Gasteiger charge is -2.09. The lowest BCUT2D eigenvalue weighted by atomic mass is 10.2. The minimum absolute atomic E-state index is 0.222. The first-order valence-corrected chi connectivity index (χ1v) is 5.71. The number of aliphatic hydroxyl groups excluding tert-OH is 1. The predicted molar refractivity (Wildman–Crippen MR) is 65.5 cm³/mol. The molecule has 4 nitrogen and oxygen atoms in total. The Morgan fingerprint density at radius 2 is 1.82 bits per heavy atom. The molecule has 0 bridgehead atoms. The van der Waals surface area contributed by atoms with Gasteiger partial charge in [-0.05, 0) is 30.5 Å². The zero-order valence-electron chi connectivity index (χ0n) is 10.4. The van der Waals surface area contributed by atoms with Crippen LogP contribution in [0.25, 0.3) is 0 Å². The molecule has 1 aromatic rings. The van der Waals surface area contributed by atoms with Crippen molar-refractivity contribution in [1.29, 1.82) is 0 Å². The van der Waals surface area contributed by atoms with E-state index in [9.17, 15) is 0 Å². The molecule has 0 aliphatic heterocycles. The van der Waals surface area contributed by atoms with E-state index in [1.807, 2.05) is 18.2 Å². The number of unbranched alkanes of at least 4 members (excludes halogenated alkanes) is 1. The summed E-state index contributed by atoms with van der Waals surface area (Å²) >= 11 is 0. The SMILES string of the molecule is COc1ccc(COCCCCO)cc1OC. The molecule has 0 fully saturated rings. The highest BCUT2D eigenvalue weighted by Crippen LogP contribution is 2.27. The number of rotatable bonds is 8. The third-order valence-electron chi connectivity index (χ3n) is 2.41. The van der Waals surface area contributed by atoms with E-state index < -0.39 is 0 Å². The molecular formula is C13H20O4. The summed E-state index contributed by atoms with van der Waals surface area (Å²) in [6.45, 7) is 1.43. The van der Waals surface area contributed by atoms with Crippen LogP contribution >= 0.6 is 0 Å². The quantitative estimate of drug-likeness (QED) is 0.706. The maximum absolute atomic E-state index is 8.62. The molecule has 96 valence electrons. The largest absolute Gasteiger partial charge is 0.493 e. The average Bonchev–Trinajstić information content (AvgIpc) is 2.38. The molecule has 1 rings (SSSR count). The highest BCUT2D eigenvalue weighted by Gasteiger charge is 2.04. The summed E-state index contributed by atoms with van der Waals surface area (Å²) in [5.41, 5.74) is 1.05. The van der Waals surface area contributed by atoms with E-state index in [0.29, 0.717) is 19.0 Å². The molecule has 0 saturated heterocycles. The summed E-state index contributed by atoms with van der Waals surface area (Å²) in [7, 11) is 3.23. The molecule has 0 heterocycles. The molecule has 1 aromatic carbocycles. The number of aliphatic hydroxyl groups is 1. The average molecular weight is 240 g/mol. The second kappa shape index (κ2) is 7.92. The normalized spacial score (nSPS) is 10.3. The topological polar surface area (TPSA) is 47.9 Å². The van der Waals surface area contributed by atoms with Crippen LogP contribution in [0, 0.1) is 0 Å². The lowest BCUT2D eigenvalue weighted by Crippen LogP contribution is -1.98. The van der Waals surface area contributed by atoms with Gasteiger partial charge in [0.1, 0.15) is 0 Å². The van der Waals surface area contributed by atoms with Crippen LogP contribution in [0.1, 0.15) is 18.4 Å². The Labute approximate surface area is 102 Å². The van der Waals surface area contributed by atoms with Gasteiger partial charge >= 0.3 is 0 Å². The number of hydrogen-bond acceptors (Lipinski definition) is 4. The Morgan fingerprint density at radius 1 is 1.06 bits per heavy atom. The highest BCUT2D eigenvalue weighted by atomic mass is 16.5. The first-order chi connectivity index (χ1) is 8.31. The summed E-state index contributed by atoms with van der Waals surface area (Å²) in [6, 6.07) is 5.73. The van der Waals surface area contributed by atoms with Crippen LogP contribution in [0.2, 0.25) is 0 Å². The van der Waals surface area contributed by atoms with E-state index >= 15 is 0 Å². The van der Waals surface area contributed by atoms with E-state index in [0.717, 1.165) is 24.2 Å². The first kappa shape index (κ1) is 13.8. The molecule has 0 amide bonds. The molecular weight excluding hydrogens is 220 g/mol. The summed E-state index contributed by atoms with van der Waals surface area (Å²) in [5, 5.41) is 8.62. The van der Waals surface area contributed by atoms with Gasteiger partial charge in [-0.15, -0.1) is 0 Å². The van der Waals surface area contributed by atoms with Gasteiger partial charge in [-0.25, -0.2) is 0 Å². The van der Waals surface area contributed by atoms with Gasteiger partial charge in [-0.1, -0.05) is 6.07 Å². The van der Waals surface area contributed by atoms with Gasteiger partial charge in [0.15, 0.2) is 11.5 Å². The monoisotopic (exact) mass is 240 g/mol. The van der Waals surface area contributed by atoms with Gasteiger partial charge in [0.25, 0.3) is 0 Å². The van der Waals surface area contributed by atoms with E-state index in [1.54, 1.807) is 14.2 Å². The second-order valence-corrected chi connectivity index (χ2v) is 3.67. The fourth-order valence-corrected chi connectivity index (χ4v) is 1.48. The first-order valence-electron chi connectivity index (χ1n) is 5.71. The smallest absolute Gasteiger partial charge is 0.161 e. The molecule has 4 heteroatoms. The Bertz CT molecular complexity index is 325. The minimum Gasteiger partial charge on any atom is -0.493 e. The maximum Gasteiger partial charge on any atom is 0.161 e. The van der Waals surface area contributed by atoms with Crippen LogP contribution in [0.3, 0.4) is 0 Å². The zero-order chi connectivity index (χ0) is 12.5. The van der Waals surface area contributed by atoms with Crippen molar-refractivity contribution in [2.45, 2.75) is 19.4 Å². The van der Waals surface area contributed by atoms with E-state index in [-0.39, 0.29) is 6.61 Å². The lowest BCUT2D eigenvalue weighted by molar-refractivity contribution is 0.112. The van der Waals surface area contributed by atoms with E-state index in [4.69, 9.17) is 19.3 Å². The van der Waals surface area contributed by atoms with Crippen LogP contribution < -0.4 is 9.47 Å². The third-order valence-corrected chi connectivity index (χ3v) is 2.41. The fourth-order valence-electron chi connectivity index (χ4n) is 1.48. The molecule has 0 saturated carbocycles. The van der Waals surface area contributed by atoms with Crippen molar-refractivity contribution in [2.24, 2.45) is 0 Å². The molecule has 0 radical (unpaired) electrons. The Kier molecular flexibility index (Phi) is 6.43. The van der Waals surface area contributed by atoms with Crippen molar-refractivity contribution < 1.29 is 19.3 Å². The summed E-state index contributed by atoms with van der Waals surface area (Å²) in [6.07, 6.45) is 1.66.